The van der Waals surface area contributed by atoms with E-state index in [1.807, 2.05) is 13.8 Å². The average molecular weight is 156 g/mol. The van der Waals surface area contributed by atoms with Crippen LogP contribution in [0.15, 0.2) is 12.8 Å². The van der Waals surface area contributed by atoms with Crippen molar-refractivity contribution in [2.75, 3.05) is 0 Å². The second kappa shape index (κ2) is 4.91. The Bertz CT molecular complexity index is 145. The van der Waals surface area contributed by atoms with Crippen LogP contribution < -0.4 is 11.1 Å². The van der Waals surface area contributed by atoms with Crippen molar-refractivity contribution in [2.24, 2.45) is 11.7 Å². The van der Waals surface area contributed by atoms with E-state index in [1.54, 1.807) is 0 Å². The van der Waals surface area contributed by atoms with Crippen LogP contribution in [0.4, 0.5) is 0 Å². The van der Waals surface area contributed by atoms with E-state index in [4.69, 9.17) is 5.73 Å². The van der Waals surface area contributed by atoms with Crippen LogP contribution in [0.1, 0.15) is 20.3 Å². The first-order valence-corrected chi connectivity index (χ1v) is 3.80. The smallest absolute Gasteiger partial charge is 0.241 e. The molecule has 11 heavy (non-hydrogen) atoms. The lowest BCUT2D eigenvalue weighted by Gasteiger charge is -2.15. The molecule has 64 valence electrons. The Hall–Kier alpha value is -0.830. The first kappa shape index (κ1) is 10.2. The molecule has 0 aliphatic rings. The quantitative estimate of drug-likeness (QED) is 0.627. The fourth-order valence-electron chi connectivity index (χ4n) is 0.709. The summed E-state index contributed by atoms with van der Waals surface area (Å²) in [6.07, 6.45) is 2.26. The van der Waals surface area contributed by atoms with Gasteiger partial charge >= 0.3 is 0 Å². The number of nitrogens with one attached hydrogen (secondary N) is 1. The highest BCUT2D eigenvalue weighted by Gasteiger charge is 2.17. The Morgan fingerprint density at radius 3 is 2.73 bits per heavy atom. The van der Waals surface area contributed by atoms with Crippen molar-refractivity contribution in [1.29, 1.82) is 0 Å². The van der Waals surface area contributed by atoms with Gasteiger partial charge in [0.1, 0.15) is 0 Å². The van der Waals surface area contributed by atoms with Gasteiger partial charge in [0.15, 0.2) is 0 Å². The Morgan fingerprint density at radius 2 is 2.36 bits per heavy atom. The van der Waals surface area contributed by atoms with Gasteiger partial charge in [-0.1, -0.05) is 26.8 Å². The van der Waals surface area contributed by atoms with Crippen molar-refractivity contribution in [3.8, 4) is 0 Å². The van der Waals surface area contributed by atoms with Gasteiger partial charge in [-0.15, -0.1) is 0 Å². The zero-order valence-electron chi connectivity index (χ0n) is 7.13. The molecule has 0 saturated carbocycles. The molecule has 0 spiro atoms. The highest BCUT2D eigenvalue weighted by atomic mass is 16.2. The minimum Gasteiger partial charge on any atom is -0.332 e. The SMILES string of the molecule is C=CNC(=O)[C@@H](N)[C@@H](C)CC. The molecular formula is C8H16N2O. The van der Waals surface area contributed by atoms with Crippen LogP contribution in [0.5, 0.6) is 0 Å². The van der Waals surface area contributed by atoms with Gasteiger partial charge in [0.2, 0.25) is 5.91 Å². The van der Waals surface area contributed by atoms with Crippen LogP contribution in [0.25, 0.3) is 0 Å². The fourth-order valence-corrected chi connectivity index (χ4v) is 0.709. The molecule has 0 aliphatic carbocycles. The van der Waals surface area contributed by atoms with E-state index in [0.29, 0.717) is 0 Å². The summed E-state index contributed by atoms with van der Waals surface area (Å²) in [6.45, 7) is 7.34. The standard InChI is InChI=1S/C8H16N2O/c1-4-6(3)7(9)8(11)10-5-2/h5-7H,2,4,9H2,1,3H3,(H,10,11)/t6-,7-/m0/s1. The first-order valence-electron chi connectivity index (χ1n) is 3.80. The summed E-state index contributed by atoms with van der Waals surface area (Å²) in [5.74, 6) is 0.0595. The molecule has 0 aliphatic heterocycles. The zero-order valence-corrected chi connectivity index (χ0v) is 7.13. The van der Waals surface area contributed by atoms with Gasteiger partial charge in [-0.05, 0) is 12.1 Å². The van der Waals surface area contributed by atoms with E-state index < -0.39 is 6.04 Å². The average Bonchev–Trinajstić information content (AvgIpc) is 2.02. The summed E-state index contributed by atoms with van der Waals surface area (Å²) >= 11 is 0. The highest BCUT2D eigenvalue weighted by Crippen LogP contribution is 2.04. The van der Waals surface area contributed by atoms with Crippen molar-refractivity contribution >= 4 is 5.91 Å². The minimum absolute atomic E-state index is 0.158. The third kappa shape index (κ3) is 3.18. The predicted octanol–water partition coefficient (Wildman–Crippen LogP) is 0.619. The van der Waals surface area contributed by atoms with E-state index in [2.05, 4.69) is 11.9 Å². The Labute approximate surface area is 67.7 Å². The maximum absolute atomic E-state index is 11.0. The fraction of sp³-hybridized carbons (Fsp3) is 0.625. The lowest BCUT2D eigenvalue weighted by Crippen LogP contribution is -2.42. The predicted molar refractivity (Wildman–Crippen MR) is 45.8 cm³/mol. The summed E-state index contributed by atoms with van der Waals surface area (Å²) in [5, 5.41) is 2.46. The van der Waals surface area contributed by atoms with Crippen molar-refractivity contribution < 1.29 is 4.79 Å². The maximum atomic E-state index is 11.0. The molecule has 0 fully saturated rings. The lowest BCUT2D eigenvalue weighted by atomic mass is 10.00. The largest absolute Gasteiger partial charge is 0.332 e. The summed E-state index contributed by atoms with van der Waals surface area (Å²) in [5.41, 5.74) is 5.60. The van der Waals surface area contributed by atoms with Crippen LogP contribution in [0.3, 0.4) is 0 Å². The van der Waals surface area contributed by atoms with E-state index in [9.17, 15) is 4.79 Å². The summed E-state index contributed by atoms with van der Waals surface area (Å²) < 4.78 is 0. The number of amides is 1. The number of nitrogens with two attached hydrogens (primary N) is 1. The molecule has 0 bridgehead atoms. The molecule has 3 N–H and O–H groups in total. The molecule has 1 amide bonds. The minimum atomic E-state index is -0.419. The molecule has 3 heteroatoms. The van der Waals surface area contributed by atoms with Crippen molar-refractivity contribution in [3.63, 3.8) is 0 Å². The Kier molecular flexibility index (Phi) is 4.54. The van der Waals surface area contributed by atoms with E-state index in [-0.39, 0.29) is 11.8 Å². The topological polar surface area (TPSA) is 55.1 Å². The van der Waals surface area contributed by atoms with Crippen LogP contribution >= 0.6 is 0 Å². The number of carbonyl (C=O) groups excluding carboxylic acids is 1. The van der Waals surface area contributed by atoms with E-state index in [0.717, 1.165) is 6.42 Å². The van der Waals surface area contributed by atoms with Gasteiger partial charge < -0.3 is 11.1 Å². The molecule has 0 unspecified atom stereocenters. The lowest BCUT2D eigenvalue weighted by molar-refractivity contribution is -0.122. The second-order valence-electron chi connectivity index (χ2n) is 2.62. The van der Waals surface area contributed by atoms with Gasteiger partial charge in [0.25, 0.3) is 0 Å². The maximum Gasteiger partial charge on any atom is 0.241 e. The molecule has 0 aromatic rings. The van der Waals surface area contributed by atoms with E-state index in [1.165, 1.54) is 6.20 Å². The normalized spacial score (nSPS) is 15.2. The summed E-state index contributed by atoms with van der Waals surface area (Å²) in [7, 11) is 0. The molecular weight excluding hydrogens is 140 g/mol. The molecule has 0 aromatic heterocycles. The molecule has 0 heterocycles. The second-order valence-corrected chi connectivity index (χ2v) is 2.62. The van der Waals surface area contributed by atoms with Crippen molar-refractivity contribution in [2.45, 2.75) is 26.3 Å². The van der Waals surface area contributed by atoms with Crippen LogP contribution in [-0.4, -0.2) is 11.9 Å². The van der Waals surface area contributed by atoms with Crippen molar-refractivity contribution in [1.82, 2.24) is 5.32 Å². The van der Waals surface area contributed by atoms with Crippen LogP contribution in [-0.2, 0) is 4.79 Å². The number of hydrogen-bond acceptors (Lipinski definition) is 2. The third-order valence-electron chi connectivity index (χ3n) is 1.80. The molecule has 0 saturated heterocycles. The molecule has 0 radical (unpaired) electrons. The number of carbonyl (C=O) groups is 1. The Morgan fingerprint density at radius 1 is 1.82 bits per heavy atom. The summed E-state index contributed by atoms with van der Waals surface area (Å²) in [6, 6.07) is -0.419. The van der Waals surface area contributed by atoms with Crippen LogP contribution in [0, 0.1) is 5.92 Å². The van der Waals surface area contributed by atoms with Crippen LogP contribution in [0.2, 0.25) is 0 Å². The van der Waals surface area contributed by atoms with Gasteiger partial charge in [-0.2, -0.15) is 0 Å². The van der Waals surface area contributed by atoms with Crippen molar-refractivity contribution in [3.05, 3.63) is 12.8 Å². The molecule has 3 nitrogen and oxygen atoms in total. The monoisotopic (exact) mass is 156 g/mol. The summed E-state index contributed by atoms with van der Waals surface area (Å²) in [4.78, 5) is 11.0. The van der Waals surface area contributed by atoms with E-state index >= 15 is 0 Å². The first-order chi connectivity index (χ1) is 5.13. The molecule has 2 atom stereocenters. The number of hydrogen-bond donors (Lipinski definition) is 2. The molecule has 0 aromatic carbocycles. The van der Waals surface area contributed by atoms with Gasteiger partial charge in [-0.25, -0.2) is 0 Å². The van der Waals surface area contributed by atoms with Gasteiger partial charge in [-0.3, -0.25) is 4.79 Å². The Balaban J connectivity index is 3.90. The van der Waals surface area contributed by atoms with Gasteiger partial charge in [0.05, 0.1) is 6.04 Å². The number of rotatable bonds is 4. The third-order valence-corrected chi connectivity index (χ3v) is 1.80. The van der Waals surface area contributed by atoms with Gasteiger partial charge in [0, 0.05) is 0 Å². The zero-order chi connectivity index (χ0) is 8.85. The molecule has 0 rings (SSSR count). The highest BCUT2D eigenvalue weighted by molar-refractivity contribution is 5.82.